The zero-order valence-electron chi connectivity index (χ0n) is 11.3. The van der Waals surface area contributed by atoms with Gasteiger partial charge < -0.3 is 11.1 Å². The van der Waals surface area contributed by atoms with E-state index >= 15 is 0 Å². The normalized spacial score (nSPS) is 11.4. The summed E-state index contributed by atoms with van der Waals surface area (Å²) in [5.41, 5.74) is -1.46. The summed E-state index contributed by atoms with van der Waals surface area (Å²) in [6.07, 6.45) is 0. The molecule has 1 aromatic carbocycles. The molecule has 0 unspecified atom stereocenters. The van der Waals surface area contributed by atoms with Crippen LogP contribution in [0, 0.1) is 0 Å². The molecule has 0 aliphatic carbocycles. The molecule has 10 nitrogen and oxygen atoms in total. The number of rotatable bonds is 4. The summed E-state index contributed by atoms with van der Waals surface area (Å²) in [6, 6.07) is 1.71. The Morgan fingerprint density at radius 3 is 2.00 bits per heavy atom. The molecule has 0 spiro atoms. The number of carbonyl (C=O) groups is 2. The Bertz CT molecular complexity index is 726. The van der Waals surface area contributed by atoms with E-state index in [2.05, 4.69) is 4.52 Å². The summed E-state index contributed by atoms with van der Waals surface area (Å²) in [7, 11) is -10.0. The third kappa shape index (κ3) is 6.24. The fourth-order valence-corrected chi connectivity index (χ4v) is 2.02. The van der Waals surface area contributed by atoms with Crippen LogP contribution in [0.1, 0.15) is 22.1 Å². The molecule has 0 radical (unpaired) electrons. The van der Waals surface area contributed by atoms with Gasteiger partial charge in [0.15, 0.2) is 0 Å². The number of carbonyl (C=O) groups excluding carboxylic acids is 1. The van der Waals surface area contributed by atoms with Gasteiger partial charge in [0.2, 0.25) is 0 Å². The predicted octanol–water partition coefficient (Wildman–Crippen LogP) is -3.00. The molecule has 112 valence electrons. The first-order valence-corrected chi connectivity index (χ1v) is 7.52. The van der Waals surface area contributed by atoms with Crippen molar-refractivity contribution >= 4 is 29.9 Å². The number of phosphoric ester groups is 1. The average molecular weight is 350 g/mol. The van der Waals surface area contributed by atoms with Gasteiger partial charge in [0.1, 0.15) is 0 Å². The second-order valence-electron chi connectivity index (χ2n) is 3.40. The molecule has 0 aliphatic heterocycles. The number of carboxylic acid groups (broad SMARTS) is 1. The number of carboxylic acids is 1. The van der Waals surface area contributed by atoms with Crippen molar-refractivity contribution in [1.29, 1.82) is 0 Å². The van der Waals surface area contributed by atoms with Crippen LogP contribution in [0.15, 0.2) is 23.1 Å². The molecule has 0 saturated heterocycles. The summed E-state index contributed by atoms with van der Waals surface area (Å²) in [5.74, 6) is -3.27. The van der Waals surface area contributed by atoms with Gasteiger partial charge in [0, 0.05) is 0 Å². The van der Waals surface area contributed by atoms with Crippen LogP contribution in [0.4, 0.5) is 0 Å². The number of hydrogen-bond acceptors (Lipinski definition) is 6. The van der Waals surface area contributed by atoms with Gasteiger partial charge in [0.25, 0.3) is 10.1 Å². The third-order valence-corrected chi connectivity index (χ3v) is 3.12. The van der Waals surface area contributed by atoms with Gasteiger partial charge in [-0.25, -0.2) is 14.2 Å². The van der Waals surface area contributed by atoms with Crippen molar-refractivity contribution in [2.24, 2.45) is 0 Å². The van der Waals surface area contributed by atoms with Crippen LogP contribution >= 0.6 is 7.82 Å². The van der Waals surface area contributed by atoms with Gasteiger partial charge in [-0.15, -0.1) is 0 Å². The Hall–Kier alpha value is -0.780. The first-order chi connectivity index (χ1) is 8.90. The fourth-order valence-electron chi connectivity index (χ4n) is 1.15. The minimum absolute atomic E-state index is 0. The summed E-state index contributed by atoms with van der Waals surface area (Å²) in [5, 5.41) is 8.73. The first kappa shape index (κ1) is 20.2. The third-order valence-electron chi connectivity index (χ3n) is 1.89. The maximum absolute atomic E-state index is 11.3. The molecule has 4 N–H and O–H groups in total. The fraction of sp³-hybridized carbons (Fsp3) is 0. The Balaban J connectivity index is 0. The van der Waals surface area contributed by atoms with E-state index in [1.54, 1.807) is 0 Å². The molecule has 0 amide bonds. The van der Waals surface area contributed by atoms with Crippen molar-refractivity contribution in [3.63, 3.8) is 0 Å². The molecule has 0 fully saturated rings. The van der Waals surface area contributed by atoms with Crippen molar-refractivity contribution in [2.45, 2.75) is 4.90 Å². The second kappa shape index (κ2) is 6.99. The molecule has 0 heterocycles. The van der Waals surface area contributed by atoms with Crippen molar-refractivity contribution in [3.8, 4) is 0 Å². The van der Waals surface area contributed by atoms with Crippen molar-refractivity contribution < 1.29 is 77.5 Å². The maximum Gasteiger partial charge on any atom is 1.00 e. The monoisotopic (exact) mass is 350 g/mol. The minimum atomic E-state index is -5.19. The van der Waals surface area contributed by atoms with Gasteiger partial charge >= 0.3 is 49.3 Å². The van der Waals surface area contributed by atoms with Crippen LogP contribution in [-0.2, 0) is 19.2 Å². The predicted molar refractivity (Wildman–Crippen MR) is 61.8 cm³/mol. The molecule has 21 heavy (non-hydrogen) atoms. The van der Waals surface area contributed by atoms with Crippen LogP contribution < -0.4 is 29.6 Å². The van der Waals surface area contributed by atoms with E-state index in [9.17, 15) is 22.6 Å². The number of phosphoric acid groups is 1. The summed E-state index contributed by atoms with van der Waals surface area (Å²) >= 11 is 0. The molecule has 0 aromatic heterocycles. The summed E-state index contributed by atoms with van der Waals surface area (Å²) in [4.78, 5) is 38.0. The van der Waals surface area contributed by atoms with Crippen LogP contribution in [0.25, 0.3) is 0 Å². The zero-order valence-corrected chi connectivity index (χ0v) is 14.0. The van der Waals surface area contributed by atoms with E-state index in [1.165, 1.54) is 0 Å². The van der Waals surface area contributed by atoms with Crippen LogP contribution in [0.2, 0.25) is 0 Å². The molecule has 0 bridgehead atoms. The van der Waals surface area contributed by atoms with E-state index in [-0.39, 0.29) is 31.0 Å². The van der Waals surface area contributed by atoms with Crippen LogP contribution in [-0.4, -0.2) is 39.8 Å². The van der Waals surface area contributed by atoms with E-state index in [1.807, 2.05) is 0 Å². The van der Waals surface area contributed by atoms with E-state index in [0.717, 1.165) is 0 Å². The maximum atomic E-state index is 11.3. The van der Waals surface area contributed by atoms with Gasteiger partial charge in [-0.05, 0) is 18.2 Å². The number of hydrogen-bond donors (Lipinski definition) is 4. The first-order valence-electron chi connectivity index (χ1n) is 4.55. The molecule has 1 rings (SSSR count). The Labute approximate surface area is 141 Å². The molecular weight excluding hydrogens is 342 g/mol. The summed E-state index contributed by atoms with van der Waals surface area (Å²) in [6.45, 7) is 0. The molecule has 0 aliphatic rings. The van der Waals surface area contributed by atoms with Gasteiger partial charge in [0.05, 0.1) is 16.0 Å². The smallest absolute Gasteiger partial charge is 1.00 e. The molecular formula is C8H8NaO10PS. The van der Waals surface area contributed by atoms with Gasteiger partial charge in [-0.3, -0.25) is 14.3 Å². The number of benzene rings is 1. The Morgan fingerprint density at radius 1 is 1.14 bits per heavy atom. The molecule has 0 saturated carbocycles. The SMILES string of the molecule is O=C(O)c1cc(C(=O)OP(=O)(O)O)cc(S(=O)(=O)O)c1.[H-].[Na+]. The summed E-state index contributed by atoms with van der Waals surface area (Å²) < 4.78 is 44.8. The quantitative estimate of drug-likeness (QED) is 0.249. The Morgan fingerprint density at radius 2 is 1.62 bits per heavy atom. The average Bonchev–Trinajstić information content (AvgIpc) is 2.24. The van der Waals surface area contributed by atoms with Gasteiger partial charge in [-0.1, -0.05) is 0 Å². The van der Waals surface area contributed by atoms with Crippen molar-refractivity contribution in [1.82, 2.24) is 0 Å². The molecule has 1 aromatic rings. The molecule has 13 heteroatoms. The zero-order chi connectivity index (χ0) is 15.7. The molecule has 0 atom stereocenters. The van der Waals surface area contributed by atoms with E-state index in [0.29, 0.717) is 18.2 Å². The minimum Gasteiger partial charge on any atom is -1.00 e. The number of aromatic carboxylic acids is 1. The standard InChI is InChI=1S/C8H7O10PS.Na.H/c9-7(10)4-1-5(8(11)18-19(12,13)14)3-6(2-4)20(15,16)17;;/h1-3H,(H,9,10)(H2,12,13,14)(H,15,16,17);;/q;+1;-1. The van der Waals surface area contributed by atoms with Crippen LogP contribution in [0.5, 0.6) is 0 Å². The van der Waals surface area contributed by atoms with E-state index in [4.69, 9.17) is 19.4 Å². The van der Waals surface area contributed by atoms with Crippen molar-refractivity contribution in [3.05, 3.63) is 29.3 Å². The van der Waals surface area contributed by atoms with Crippen molar-refractivity contribution in [2.75, 3.05) is 0 Å². The Kier molecular flexibility index (Phi) is 6.73. The van der Waals surface area contributed by atoms with Crippen LogP contribution in [0.3, 0.4) is 0 Å². The topological polar surface area (TPSA) is 175 Å². The van der Waals surface area contributed by atoms with Gasteiger partial charge in [-0.2, -0.15) is 8.42 Å². The van der Waals surface area contributed by atoms with E-state index < -0.39 is 45.9 Å². The second-order valence-corrected chi connectivity index (χ2v) is 5.98. The largest absolute Gasteiger partial charge is 1.00 e.